The van der Waals surface area contributed by atoms with E-state index in [4.69, 9.17) is 9.97 Å². The second-order valence-electron chi connectivity index (χ2n) is 10.6. The third-order valence-electron chi connectivity index (χ3n) is 7.60. The zero-order chi connectivity index (χ0) is 25.8. The number of anilines is 2. The van der Waals surface area contributed by atoms with Gasteiger partial charge in [0.1, 0.15) is 11.6 Å². The molecule has 10 heteroatoms. The minimum atomic E-state index is 0.422. The van der Waals surface area contributed by atoms with E-state index in [0.717, 1.165) is 92.8 Å². The van der Waals surface area contributed by atoms with E-state index in [1.54, 1.807) is 0 Å². The Bertz CT molecular complexity index is 1100. The number of rotatable bonds is 14. The molecule has 5 rings (SSSR count). The number of hydrogen-bond acceptors (Lipinski definition) is 9. The maximum atomic E-state index is 4.80. The molecule has 0 bridgehead atoms. The van der Waals surface area contributed by atoms with Crippen molar-refractivity contribution >= 4 is 22.7 Å². The van der Waals surface area contributed by atoms with Gasteiger partial charge in [0.25, 0.3) is 0 Å². The normalized spacial score (nSPS) is 17.2. The summed E-state index contributed by atoms with van der Waals surface area (Å²) in [4.78, 5) is 14.2. The smallest absolute Gasteiger partial charge is 0.225 e. The quantitative estimate of drug-likeness (QED) is 0.177. The van der Waals surface area contributed by atoms with Crippen molar-refractivity contribution in [2.75, 3.05) is 43.4 Å². The third kappa shape index (κ3) is 8.09. The van der Waals surface area contributed by atoms with Gasteiger partial charge in [0.15, 0.2) is 5.82 Å². The molecule has 6 N–H and O–H groups in total. The molecule has 38 heavy (non-hydrogen) atoms. The summed E-state index contributed by atoms with van der Waals surface area (Å²) < 4.78 is 0. The van der Waals surface area contributed by atoms with Crippen LogP contribution in [0.2, 0.25) is 0 Å². The summed E-state index contributed by atoms with van der Waals surface area (Å²) in [7, 11) is 0. The highest BCUT2D eigenvalue weighted by molar-refractivity contribution is 5.90. The van der Waals surface area contributed by atoms with Crippen molar-refractivity contribution in [1.29, 1.82) is 0 Å². The molecule has 1 aliphatic carbocycles. The van der Waals surface area contributed by atoms with Crippen molar-refractivity contribution in [1.82, 2.24) is 41.1 Å². The minimum Gasteiger partial charge on any atom is -0.367 e. The van der Waals surface area contributed by atoms with E-state index in [1.807, 2.05) is 18.2 Å². The molecule has 1 aliphatic heterocycles. The predicted octanol–water partition coefficient (Wildman–Crippen LogP) is 3.36. The van der Waals surface area contributed by atoms with E-state index in [1.165, 1.54) is 38.5 Å². The van der Waals surface area contributed by atoms with Gasteiger partial charge in [0, 0.05) is 23.9 Å². The molecule has 0 amide bonds. The average Bonchev–Trinajstić information content (AvgIpc) is 3.42. The SMILES string of the molecule is c1ccc2c(NC3CCNCC3)nc(NCc3n[nH]c(CCCNCCCNC4CCCCC4)n3)nc2c1. The second-order valence-corrected chi connectivity index (χ2v) is 10.6. The lowest BCUT2D eigenvalue weighted by Crippen LogP contribution is -2.35. The Balaban J connectivity index is 1.03. The maximum absolute atomic E-state index is 4.80. The molecule has 1 saturated heterocycles. The Morgan fingerprint density at radius 2 is 1.68 bits per heavy atom. The predicted molar refractivity (Wildman–Crippen MR) is 153 cm³/mol. The Morgan fingerprint density at radius 3 is 2.58 bits per heavy atom. The number of aromatic nitrogens is 5. The molecule has 0 atom stereocenters. The first-order valence-electron chi connectivity index (χ1n) is 14.7. The molecular formula is C28H44N10. The Kier molecular flexibility index (Phi) is 10.1. The van der Waals surface area contributed by atoms with Crippen LogP contribution in [0.3, 0.4) is 0 Å². The molecule has 0 unspecified atom stereocenters. The summed E-state index contributed by atoms with van der Waals surface area (Å²) in [6.45, 7) is 5.72. The van der Waals surface area contributed by atoms with Crippen molar-refractivity contribution in [2.24, 2.45) is 0 Å². The number of aromatic amines is 1. The van der Waals surface area contributed by atoms with Crippen LogP contribution in [0.4, 0.5) is 11.8 Å². The lowest BCUT2D eigenvalue weighted by atomic mass is 9.95. The fourth-order valence-electron chi connectivity index (χ4n) is 5.44. The van der Waals surface area contributed by atoms with Crippen LogP contribution in [0.15, 0.2) is 24.3 Å². The summed E-state index contributed by atoms with van der Waals surface area (Å²) in [5, 5.41) is 26.2. The molecule has 1 saturated carbocycles. The summed E-state index contributed by atoms with van der Waals surface area (Å²) in [6.07, 6.45) is 12.2. The molecule has 3 heterocycles. The Morgan fingerprint density at radius 1 is 0.842 bits per heavy atom. The topological polar surface area (TPSA) is 128 Å². The molecule has 2 aliphatic rings. The van der Waals surface area contributed by atoms with E-state index >= 15 is 0 Å². The molecule has 1 aromatic carbocycles. The fraction of sp³-hybridized carbons (Fsp3) is 0.643. The van der Waals surface area contributed by atoms with Gasteiger partial charge in [0.05, 0.1) is 12.1 Å². The van der Waals surface area contributed by atoms with E-state index < -0.39 is 0 Å². The van der Waals surface area contributed by atoms with Crippen LogP contribution >= 0.6 is 0 Å². The van der Waals surface area contributed by atoms with E-state index in [0.29, 0.717) is 18.5 Å². The molecule has 2 fully saturated rings. The molecule has 206 valence electrons. The van der Waals surface area contributed by atoms with Crippen LogP contribution in [-0.4, -0.2) is 70.0 Å². The van der Waals surface area contributed by atoms with Crippen molar-refractivity contribution < 1.29 is 0 Å². The molecule has 10 nitrogen and oxygen atoms in total. The third-order valence-corrected chi connectivity index (χ3v) is 7.60. The summed E-state index contributed by atoms with van der Waals surface area (Å²) in [5.41, 5.74) is 0.925. The van der Waals surface area contributed by atoms with Crippen molar-refractivity contribution in [3.8, 4) is 0 Å². The molecule has 2 aromatic heterocycles. The lowest BCUT2D eigenvalue weighted by molar-refractivity contribution is 0.371. The van der Waals surface area contributed by atoms with E-state index in [2.05, 4.69) is 47.8 Å². The first-order chi connectivity index (χ1) is 18.8. The van der Waals surface area contributed by atoms with Crippen LogP contribution in [0.25, 0.3) is 10.9 Å². The number of H-pyrrole nitrogens is 1. The Labute approximate surface area is 226 Å². The van der Waals surface area contributed by atoms with Crippen LogP contribution in [0.5, 0.6) is 0 Å². The number of hydrogen-bond donors (Lipinski definition) is 6. The highest BCUT2D eigenvalue weighted by atomic mass is 15.2. The molecule has 0 spiro atoms. The number of nitrogens with zero attached hydrogens (tertiary/aromatic N) is 4. The largest absolute Gasteiger partial charge is 0.367 e. The second kappa shape index (κ2) is 14.4. The van der Waals surface area contributed by atoms with Crippen LogP contribution in [0.1, 0.15) is 69.4 Å². The highest BCUT2D eigenvalue weighted by Crippen LogP contribution is 2.24. The van der Waals surface area contributed by atoms with E-state index in [9.17, 15) is 0 Å². The minimum absolute atomic E-state index is 0.422. The summed E-state index contributed by atoms with van der Waals surface area (Å²) in [5.74, 6) is 3.13. The van der Waals surface area contributed by atoms with Crippen LogP contribution in [-0.2, 0) is 13.0 Å². The molecular weight excluding hydrogens is 476 g/mol. The van der Waals surface area contributed by atoms with Crippen molar-refractivity contribution in [3.63, 3.8) is 0 Å². The number of benzene rings is 1. The maximum Gasteiger partial charge on any atom is 0.225 e. The van der Waals surface area contributed by atoms with Gasteiger partial charge in [-0.2, -0.15) is 10.1 Å². The molecule has 3 aromatic rings. The summed E-state index contributed by atoms with van der Waals surface area (Å²) >= 11 is 0. The van der Waals surface area contributed by atoms with Gasteiger partial charge in [-0.15, -0.1) is 0 Å². The number of nitrogens with one attached hydrogen (secondary N) is 6. The number of para-hydroxylation sites is 1. The number of aryl methyl sites for hydroxylation is 1. The van der Waals surface area contributed by atoms with Crippen molar-refractivity contribution in [3.05, 3.63) is 35.9 Å². The van der Waals surface area contributed by atoms with Gasteiger partial charge in [-0.25, -0.2) is 9.97 Å². The van der Waals surface area contributed by atoms with Gasteiger partial charge in [-0.3, -0.25) is 5.10 Å². The highest BCUT2D eigenvalue weighted by Gasteiger charge is 2.16. The number of piperidine rings is 1. The first-order valence-corrected chi connectivity index (χ1v) is 14.7. The number of fused-ring (bicyclic) bond motifs is 1. The zero-order valence-corrected chi connectivity index (χ0v) is 22.6. The first kappa shape index (κ1) is 26.8. The lowest BCUT2D eigenvalue weighted by Gasteiger charge is -2.25. The van der Waals surface area contributed by atoms with Crippen molar-refractivity contribution in [2.45, 2.75) is 82.8 Å². The molecule has 0 radical (unpaired) electrons. The van der Waals surface area contributed by atoms with Gasteiger partial charge < -0.3 is 26.6 Å². The zero-order valence-electron chi connectivity index (χ0n) is 22.6. The average molecular weight is 521 g/mol. The standard InChI is InChI=1S/C28H44N10/c1-2-8-21(9-3-1)31-17-7-16-29-15-6-12-25-35-26(38-37-25)20-32-28-34-24-11-5-4-10-23(24)27(36-28)33-22-13-18-30-19-14-22/h4-5,10-11,21-22,29-31H,1-3,6-9,12-20H2,(H,35,37,38)(H2,32,33,34,36). The monoisotopic (exact) mass is 520 g/mol. The van der Waals surface area contributed by atoms with Crippen LogP contribution < -0.4 is 26.6 Å². The van der Waals surface area contributed by atoms with E-state index in [-0.39, 0.29) is 0 Å². The Hall–Kier alpha value is -2.82. The fourth-order valence-corrected chi connectivity index (χ4v) is 5.44. The summed E-state index contributed by atoms with van der Waals surface area (Å²) in [6, 6.07) is 9.33. The van der Waals surface area contributed by atoms with Gasteiger partial charge in [-0.05, 0) is 83.4 Å². The van der Waals surface area contributed by atoms with Crippen LogP contribution in [0, 0.1) is 0 Å². The van der Waals surface area contributed by atoms with Gasteiger partial charge in [-0.1, -0.05) is 31.4 Å². The van der Waals surface area contributed by atoms with Gasteiger partial charge in [0.2, 0.25) is 5.95 Å². The van der Waals surface area contributed by atoms with Gasteiger partial charge >= 0.3 is 0 Å².